The largest absolute Gasteiger partial charge is 0.494 e. The zero-order chi connectivity index (χ0) is 16.9. The van der Waals surface area contributed by atoms with Crippen LogP contribution in [0.1, 0.15) is 38.8 Å². The fraction of sp³-hybridized carbons (Fsp3) is 0.400. The van der Waals surface area contributed by atoms with E-state index in [1.807, 2.05) is 38.1 Å². The van der Waals surface area contributed by atoms with E-state index >= 15 is 0 Å². The topological polar surface area (TPSA) is 38.7 Å². The molecule has 1 atom stereocenters. The molecule has 0 aliphatic rings. The van der Waals surface area contributed by atoms with E-state index in [0.717, 1.165) is 11.5 Å². The lowest BCUT2D eigenvalue weighted by Gasteiger charge is -2.26. The lowest BCUT2D eigenvalue weighted by atomic mass is 9.78. The zero-order valence-corrected chi connectivity index (χ0v) is 14.4. The molecular weight excluding hydrogens is 288 g/mol. The van der Waals surface area contributed by atoms with Crippen molar-refractivity contribution in [2.45, 2.75) is 39.2 Å². The Bertz CT molecular complexity index is 600. The van der Waals surface area contributed by atoms with E-state index in [4.69, 9.17) is 14.6 Å². The minimum Gasteiger partial charge on any atom is -0.494 e. The first kappa shape index (κ1) is 17.4. The fourth-order valence-corrected chi connectivity index (χ4v) is 2.52. The Labute approximate surface area is 138 Å². The summed E-state index contributed by atoms with van der Waals surface area (Å²) in [4.78, 5) is 0. The molecule has 2 aromatic carbocycles. The van der Waals surface area contributed by atoms with Crippen LogP contribution in [-0.4, -0.2) is 24.4 Å². The number of hydrogen-bond donors (Lipinski definition) is 1. The third-order valence-electron chi connectivity index (χ3n) is 4.06. The molecular formula is C20H26O3. The highest BCUT2D eigenvalue weighted by Gasteiger charge is 2.23. The average Bonchev–Trinajstić information content (AvgIpc) is 2.56. The molecule has 23 heavy (non-hydrogen) atoms. The third-order valence-corrected chi connectivity index (χ3v) is 4.06. The predicted octanol–water partition coefficient (Wildman–Crippen LogP) is 4.17. The van der Waals surface area contributed by atoms with E-state index in [9.17, 15) is 0 Å². The Morgan fingerprint density at radius 3 is 1.83 bits per heavy atom. The molecule has 0 bridgehead atoms. The molecule has 0 aromatic heterocycles. The van der Waals surface area contributed by atoms with Gasteiger partial charge >= 0.3 is 0 Å². The van der Waals surface area contributed by atoms with E-state index in [2.05, 4.69) is 38.1 Å². The number of hydrogen-bond acceptors (Lipinski definition) is 3. The maximum absolute atomic E-state index is 9.05. The van der Waals surface area contributed by atoms with Gasteiger partial charge in [0.15, 0.2) is 0 Å². The maximum atomic E-state index is 9.05. The van der Waals surface area contributed by atoms with Gasteiger partial charge < -0.3 is 14.6 Å². The molecule has 0 spiro atoms. The summed E-state index contributed by atoms with van der Waals surface area (Å²) in [6.45, 7) is 8.93. The van der Waals surface area contributed by atoms with Crippen molar-refractivity contribution in [3.8, 4) is 11.5 Å². The fourth-order valence-electron chi connectivity index (χ4n) is 2.52. The molecule has 1 unspecified atom stereocenters. The molecule has 1 N–H and O–H groups in total. The van der Waals surface area contributed by atoms with Crippen molar-refractivity contribution in [3.63, 3.8) is 0 Å². The first-order valence-corrected chi connectivity index (χ1v) is 8.08. The second-order valence-electron chi connectivity index (χ2n) is 6.22. The first-order valence-electron chi connectivity index (χ1n) is 8.08. The SMILES string of the molecule is CCOc1ccc(C(C)(C)c2ccc(OC(C)CO)cc2)cc1. The Morgan fingerprint density at radius 2 is 1.39 bits per heavy atom. The summed E-state index contributed by atoms with van der Waals surface area (Å²) in [7, 11) is 0. The standard InChI is InChI=1S/C20H26O3/c1-5-22-18-10-6-16(7-11-18)20(3,4)17-8-12-19(13-9-17)23-15(2)14-21/h6-13,15,21H,5,14H2,1-4H3. The number of aliphatic hydroxyl groups excluding tert-OH is 1. The number of rotatable bonds is 7. The molecule has 0 heterocycles. The lowest BCUT2D eigenvalue weighted by molar-refractivity contribution is 0.129. The third kappa shape index (κ3) is 4.26. The Balaban J connectivity index is 2.18. The van der Waals surface area contributed by atoms with Crippen LogP contribution >= 0.6 is 0 Å². The van der Waals surface area contributed by atoms with Crippen LogP contribution in [0.4, 0.5) is 0 Å². The summed E-state index contributed by atoms with van der Waals surface area (Å²) in [6, 6.07) is 16.3. The van der Waals surface area contributed by atoms with E-state index in [0.29, 0.717) is 6.61 Å². The average molecular weight is 314 g/mol. The lowest BCUT2D eigenvalue weighted by Crippen LogP contribution is -2.19. The van der Waals surface area contributed by atoms with Crippen molar-refractivity contribution in [1.29, 1.82) is 0 Å². The summed E-state index contributed by atoms with van der Waals surface area (Å²) >= 11 is 0. The molecule has 3 heteroatoms. The smallest absolute Gasteiger partial charge is 0.119 e. The highest BCUT2D eigenvalue weighted by atomic mass is 16.5. The Morgan fingerprint density at radius 1 is 0.913 bits per heavy atom. The molecule has 0 saturated heterocycles. The van der Waals surface area contributed by atoms with Crippen LogP contribution in [0.15, 0.2) is 48.5 Å². The van der Waals surface area contributed by atoms with Gasteiger partial charge in [0, 0.05) is 5.41 Å². The molecule has 0 amide bonds. The van der Waals surface area contributed by atoms with Crippen LogP contribution in [0.25, 0.3) is 0 Å². The minimum absolute atomic E-state index is 0.0133. The Hall–Kier alpha value is -2.00. The van der Waals surface area contributed by atoms with Crippen LogP contribution in [-0.2, 0) is 5.41 Å². The van der Waals surface area contributed by atoms with Gasteiger partial charge in [-0.3, -0.25) is 0 Å². The second kappa shape index (κ2) is 7.51. The van der Waals surface area contributed by atoms with Crippen molar-refractivity contribution in [2.75, 3.05) is 13.2 Å². The second-order valence-corrected chi connectivity index (χ2v) is 6.22. The van der Waals surface area contributed by atoms with Gasteiger partial charge in [0.1, 0.15) is 17.6 Å². The summed E-state index contributed by atoms with van der Waals surface area (Å²) in [5, 5.41) is 9.05. The highest BCUT2D eigenvalue weighted by molar-refractivity contribution is 5.41. The molecule has 0 aliphatic carbocycles. The van der Waals surface area contributed by atoms with Gasteiger partial charge in [-0.05, 0) is 49.2 Å². The van der Waals surface area contributed by atoms with Gasteiger partial charge in [-0.25, -0.2) is 0 Å². The zero-order valence-electron chi connectivity index (χ0n) is 14.4. The van der Waals surface area contributed by atoms with Gasteiger partial charge in [-0.1, -0.05) is 38.1 Å². The minimum atomic E-state index is -0.194. The van der Waals surface area contributed by atoms with Gasteiger partial charge in [-0.2, -0.15) is 0 Å². The molecule has 2 aromatic rings. The molecule has 2 rings (SSSR count). The van der Waals surface area contributed by atoms with Gasteiger partial charge in [0.2, 0.25) is 0 Å². The predicted molar refractivity (Wildman–Crippen MR) is 93.4 cm³/mol. The van der Waals surface area contributed by atoms with Gasteiger partial charge in [0.25, 0.3) is 0 Å². The number of aliphatic hydroxyl groups is 1. The van der Waals surface area contributed by atoms with Gasteiger partial charge in [-0.15, -0.1) is 0 Å². The molecule has 0 aliphatic heterocycles. The number of ether oxygens (including phenoxy) is 2. The molecule has 0 saturated carbocycles. The molecule has 0 radical (unpaired) electrons. The van der Waals surface area contributed by atoms with Crippen molar-refractivity contribution in [3.05, 3.63) is 59.7 Å². The molecule has 0 fully saturated rings. The normalized spacial score (nSPS) is 12.7. The molecule has 3 nitrogen and oxygen atoms in total. The summed E-state index contributed by atoms with van der Waals surface area (Å²) in [5.74, 6) is 1.67. The van der Waals surface area contributed by atoms with Crippen molar-refractivity contribution in [2.24, 2.45) is 0 Å². The van der Waals surface area contributed by atoms with Crippen molar-refractivity contribution in [1.82, 2.24) is 0 Å². The van der Waals surface area contributed by atoms with Crippen LogP contribution in [0.3, 0.4) is 0 Å². The monoisotopic (exact) mass is 314 g/mol. The number of benzene rings is 2. The van der Waals surface area contributed by atoms with E-state index < -0.39 is 0 Å². The first-order chi connectivity index (χ1) is 11.0. The van der Waals surface area contributed by atoms with Crippen molar-refractivity contribution >= 4 is 0 Å². The van der Waals surface area contributed by atoms with Crippen LogP contribution in [0.2, 0.25) is 0 Å². The quantitative estimate of drug-likeness (QED) is 0.833. The van der Waals surface area contributed by atoms with Crippen LogP contribution in [0.5, 0.6) is 11.5 Å². The van der Waals surface area contributed by atoms with Gasteiger partial charge in [0.05, 0.1) is 13.2 Å². The van der Waals surface area contributed by atoms with Crippen LogP contribution in [0, 0.1) is 0 Å². The van der Waals surface area contributed by atoms with Crippen molar-refractivity contribution < 1.29 is 14.6 Å². The summed E-state index contributed by atoms with van der Waals surface area (Å²) < 4.78 is 11.1. The maximum Gasteiger partial charge on any atom is 0.119 e. The highest BCUT2D eigenvalue weighted by Crippen LogP contribution is 2.33. The Kier molecular flexibility index (Phi) is 5.67. The van der Waals surface area contributed by atoms with Crippen LogP contribution < -0.4 is 9.47 Å². The van der Waals surface area contributed by atoms with E-state index in [1.165, 1.54) is 11.1 Å². The van der Waals surface area contributed by atoms with E-state index in [-0.39, 0.29) is 18.1 Å². The summed E-state index contributed by atoms with van der Waals surface area (Å²) in [6.07, 6.45) is -0.194. The summed E-state index contributed by atoms with van der Waals surface area (Å²) in [5.41, 5.74) is 2.34. The molecule has 124 valence electrons. The van der Waals surface area contributed by atoms with E-state index in [1.54, 1.807) is 0 Å².